The summed E-state index contributed by atoms with van der Waals surface area (Å²) in [5.74, 6) is 1.86. The summed E-state index contributed by atoms with van der Waals surface area (Å²) in [6, 6.07) is 13.2. The molecule has 0 spiro atoms. The Morgan fingerprint density at radius 3 is 2.48 bits per heavy atom. The minimum atomic E-state index is -0.555. The number of rotatable bonds is 6. The number of benzene rings is 2. The Labute approximate surface area is 147 Å². The van der Waals surface area contributed by atoms with E-state index in [9.17, 15) is 4.79 Å². The second-order valence-corrected chi connectivity index (χ2v) is 5.86. The van der Waals surface area contributed by atoms with Gasteiger partial charge in [-0.25, -0.2) is 0 Å². The maximum Gasteiger partial charge on any atom is 0.265 e. The van der Waals surface area contributed by atoms with Gasteiger partial charge in [0.2, 0.25) is 0 Å². The number of amides is 1. The van der Waals surface area contributed by atoms with E-state index in [1.165, 1.54) is 5.56 Å². The predicted molar refractivity (Wildman–Crippen MR) is 96.6 cm³/mol. The highest BCUT2D eigenvalue weighted by Gasteiger charge is 2.20. The van der Waals surface area contributed by atoms with Gasteiger partial charge in [0, 0.05) is 11.8 Å². The van der Waals surface area contributed by atoms with Crippen molar-refractivity contribution in [1.82, 2.24) is 0 Å². The third kappa shape index (κ3) is 4.24. The van der Waals surface area contributed by atoms with Crippen LogP contribution in [0.1, 0.15) is 25.8 Å². The van der Waals surface area contributed by atoms with Crippen LogP contribution >= 0.6 is 0 Å². The highest BCUT2D eigenvalue weighted by atomic mass is 16.6. The van der Waals surface area contributed by atoms with E-state index in [-0.39, 0.29) is 5.91 Å². The molecule has 0 bridgehead atoms. The van der Waals surface area contributed by atoms with Crippen LogP contribution in [0.2, 0.25) is 0 Å². The molecule has 2 aromatic rings. The highest BCUT2D eigenvalue weighted by Crippen LogP contribution is 2.32. The number of carbonyl (C=O) groups excluding carboxylic acids is 1. The predicted octanol–water partition coefficient (Wildman–Crippen LogP) is 3.82. The van der Waals surface area contributed by atoms with Crippen molar-refractivity contribution in [2.45, 2.75) is 32.8 Å². The number of nitrogens with one attached hydrogen (secondary N) is 1. The van der Waals surface area contributed by atoms with Crippen molar-refractivity contribution in [1.29, 1.82) is 0 Å². The van der Waals surface area contributed by atoms with Crippen molar-refractivity contribution in [2.75, 3.05) is 18.5 Å². The number of hydrogen-bond donors (Lipinski definition) is 1. The summed E-state index contributed by atoms with van der Waals surface area (Å²) >= 11 is 0. The zero-order valence-corrected chi connectivity index (χ0v) is 14.6. The first-order valence-electron chi connectivity index (χ1n) is 8.65. The molecule has 1 atom stereocenters. The van der Waals surface area contributed by atoms with Crippen LogP contribution in [-0.2, 0) is 11.2 Å². The van der Waals surface area contributed by atoms with Crippen molar-refractivity contribution < 1.29 is 19.0 Å². The highest BCUT2D eigenvalue weighted by molar-refractivity contribution is 5.94. The van der Waals surface area contributed by atoms with Crippen LogP contribution in [0.5, 0.6) is 17.2 Å². The van der Waals surface area contributed by atoms with Crippen LogP contribution in [0.4, 0.5) is 5.69 Å². The van der Waals surface area contributed by atoms with E-state index in [2.05, 4.69) is 12.2 Å². The third-order valence-corrected chi connectivity index (χ3v) is 4.08. The fraction of sp³-hybridized carbons (Fsp3) is 0.350. The van der Waals surface area contributed by atoms with Gasteiger partial charge in [-0.05, 0) is 42.7 Å². The molecule has 0 saturated carbocycles. The molecule has 3 rings (SSSR count). The summed E-state index contributed by atoms with van der Waals surface area (Å²) in [6.45, 7) is 5.08. The van der Waals surface area contributed by atoms with Gasteiger partial charge < -0.3 is 19.5 Å². The van der Waals surface area contributed by atoms with Gasteiger partial charge in [0.05, 0.1) is 0 Å². The second-order valence-electron chi connectivity index (χ2n) is 5.86. The monoisotopic (exact) mass is 341 g/mol. The van der Waals surface area contributed by atoms with Crippen molar-refractivity contribution in [3.8, 4) is 17.2 Å². The average Bonchev–Trinajstić information content (AvgIpc) is 2.66. The smallest absolute Gasteiger partial charge is 0.265 e. The van der Waals surface area contributed by atoms with Crippen molar-refractivity contribution >= 4 is 11.6 Å². The second kappa shape index (κ2) is 7.92. The van der Waals surface area contributed by atoms with Crippen LogP contribution in [0.3, 0.4) is 0 Å². The first-order valence-corrected chi connectivity index (χ1v) is 8.65. The molecule has 0 aromatic heterocycles. The van der Waals surface area contributed by atoms with E-state index in [1.807, 2.05) is 31.2 Å². The van der Waals surface area contributed by atoms with E-state index in [1.54, 1.807) is 18.2 Å². The van der Waals surface area contributed by atoms with Crippen molar-refractivity contribution in [2.24, 2.45) is 0 Å². The normalized spacial score (nSPS) is 13.8. The lowest BCUT2D eigenvalue weighted by Crippen LogP contribution is -2.32. The van der Waals surface area contributed by atoms with Crippen molar-refractivity contribution in [3.63, 3.8) is 0 Å². The van der Waals surface area contributed by atoms with Crippen molar-refractivity contribution in [3.05, 3.63) is 48.0 Å². The molecule has 0 unspecified atom stereocenters. The zero-order chi connectivity index (χ0) is 17.6. The van der Waals surface area contributed by atoms with Gasteiger partial charge >= 0.3 is 0 Å². The Balaban J connectivity index is 1.65. The molecule has 1 N–H and O–H groups in total. The average molecular weight is 341 g/mol. The molecule has 5 heteroatoms. The Bertz CT molecular complexity index is 727. The summed E-state index contributed by atoms with van der Waals surface area (Å²) < 4.78 is 16.9. The van der Waals surface area contributed by atoms with E-state index in [0.717, 1.165) is 6.42 Å². The van der Waals surface area contributed by atoms with Gasteiger partial charge in [-0.15, -0.1) is 0 Å². The lowest BCUT2D eigenvalue weighted by molar-refractivity contribution is -0.122. The van der Waals surface area contributed by atoms with Gasteiger partial charge in [-0.1, -0.05) is 26.0 Å². The Morgan fingerprint density at radius 1 is 1.08 bits per heavy atom. The number of aryl methyl sites for hydroxylation is 1. The molecule has 0 aliphatic carbocycles. The van der Waals surface area contributed by atoms with Crippen LogP contribution < -0.4 is 19.5 Å². The maximum absolute atomic E-state index is 12.5. The molecule has 1 amide bonds. The minimum Gasteiger partial charge on any atom is -0.486 e. The summed E-state index contributed by atoms with van der Waals surface area (Å²) in [4.78, 5) is 12.5. The Kier molecular flexibility index (Phi) is 5.43. The van der Waals surface area contributed by atoms with Gasteiger partial charge in [0.15, 0.2) is 17.6 Å². The summed E-state index contributed by atoms with van der Waals surface area (Å²) in [7, 11) is 0. The molecule has 25 heavy (non-hydrogen) atoms. The maximum atomic E-state index is 12.5. The topological polar surface area (TPSA) is 56.8 Å². The SMILES string of the molecule is CCc1ccc(O[C@H](CC)C(=O)Nc2ccc3c(c2)OCCO3)cc1. The lowest BCUT2D eigenvalue weighted by atomic mass is 10.1. The van der Waals surface area contributed by atoms with Gasteiger partial charge in [0.1, 0.15) is 19.0 Å². The molecule has 0 saturated heterocycles. The number of fused-ring (bicyclic) bond motifs is 1. The lowest BCUT2D eigenvalue weighted by Gasteiger charge is -2.20. The molecule has 2 aromatic carbocycles. The quantitative estimate of drug-likeness (QED) is 0.868. The Hall–Kier alpha value is -2.69. The van der Waals surface area contributed by atoms with Crippen LogP contribution in [-0.4, -0.2) is 25.2 Å². The van der Waals surface area contributed by atoms with E-state index >= 15 is 0 Å². The largest absolute Gasteiger partial charge is 0.486 e. The molecular formula is C20H23NO4. The first kappa shape index (κ1) is 17.1. The summed E-state index contributed by atoms with van der Waals surface area (Å²) in [6.07, 6.45) is 0.995. The standard InChI is InChI=1S/C20H23NO4/c1-3-14-5-8-16(9-6-14)25-17(4-2)20(22)21-15-7-10-18-19(13-15)24-12-11-23-18/h5-10,13,17H,3-4,11-12H2,1-2H3,(H,21,22)/t17-/m1/s1. The van der Waals surface area contributed by atoms with Crippen LogP contribution in [0.25, 0.3) is 0 Å². The minimum absolute atomic E-state index is 0.182. The molecule has 1 aliphatic rings. The van der Waals surface area contributed by atoms with Gasteiger partial charge in [-0.2, -0.15) is 0 Å². The van der Waals surface area contributed by atoms with E-state index in [4.69, 9.17) is 14.2 Å². The van der Waals surface area contributed by atoms with Crippen LogP contribution in [0.15, 0.2) is 42.5 Å². The zero-order valence-electron chi connectivity index (χ0n) is 14.6. The fourth-order valence-corrected chi connectivity index (χ4v) is 2.63. The third-order valence-electron chi connectivity index (χ3n) is 4.08. The Morgan fingerprint density at radius 2 is 1.80 bits per heavy atom. The molecule has 0 fully saturated rings. The number of hydrogen-bond acceptors (Lipinski definition) is 4. The number of anilines is 1. The molecule has 1 aliphatic heterocycles. The summed E-state index contributed by atoms with van der Waals surface area (Å²) in [5.41, 5.74) is 1.90. The van der Waals surface area contributed by atoms with Crippen LogP contribution in [0, 0.1) is 0 Å². The summed E-state index contributed by atoms with van der Waals surface area (Å²) in [5, 5.41) is 2.89. The molecule has 0 radical (unpaired) electrons. The molecule has 132 valence electrons. The van der Waals surface area contributed by atoms with E-state index in [0.29, 0.717) is 42.6 Å². The van der Waals surface area contributed by atoms with Gasteiger partial charge in [-0.3, -0.25) is 4.79 Å². The molecule has 1 heterocycles. The number of carbonyl (C=O) groups is 1. The molecule has 5 nitrogen and oxygen atoms in total. The number of ether oxygens (including phenoxy) is 3. The van der Waals surface area contributed by atoms with Gasteiger partial charge in [0.25, 0.3) is 5.91 Å². The fourth-order valence-electron chi connectivity index (χ4n) is 2.63. The first-order chi connectivity index (χ1) is 12.2. The molecular weight excluding hydrogens is 318 g/mol. The van der Waals surface area contributed by atoms with E-state index < -0.39 is 6.10 Å².